The number of carbonyl (C=O) groups excluding carboxylic acids is 1. The summed E-state index contributed by atoms with van der Waals surface area (Å²) in [5.41, 5.74) is 1.33. The molecule has 0 radical (unpaired) electrons. The van der Waals surface area contributed by atoms with Crippen LogP contribution in [0.1, 0.15) is 20.9 Å². The SMILES string of the molecule is COc1cc(/C=C(/C(=O)c2ccccc2)c2nc3ccccc3s2)cc([N+](=O)[O-])c1O. The standard InChI is InChI=1S/C23H16N2O5S/c1-30-19-13-14(12-18(22(19)27)25(28)29)11-16(21(26)15-7-3-2-4-8-15)23-24-17-9-5-6-10-20(17)31-23/h2-13,27H,1H3/b16-11-. The zero-order valence-corrected chi connectivity index (χ0v) is 17.1. The molecule has 4 rings (SSSR count). The zero-order chi connectivity index (χ0) is 22.0. The number of phenols is 1. The number of nitro groups is 1. The lowest BCUT2D eigenvalue weighted by molar-refractivity contribution is -0.386. The number of nitrogens with zero attached hydrogens (tertiary/aromatic N) is 2. The largest absolute Gasteiger partial charge is 0.500 e. The van der Waals surface area contributed by atoms with Gasteiger partial charge in [0.1, 0.15) is 5.01 Å². The highest BCUT2D eigenvalue weighted by Gasteiger charge is 2.22. The predicted octanol–water partition coefficient (Wildman–Crippen LogP) is 5.34. The number of phenolic OH excluding ortho intramolecular Hbond substituents is 1. The quantitative estimate of drug-likeness (QED) is 0.191. The lowest BCUT2D eigenvalue weighted by Gasteiger charge is -2.08. The Labute approximate surface area is 181 Å². The minimum absolute atomic E-state index is 0.0590. The molecule has 1 N–H and O–H groups in total. The van der Waals surface area contributed by atoms with Crippen molar-refractivity contribution in [1.29, 1.82) is 0 Å². The number of allylic oxidation sites excluding steroid dienone is 1. The molecule has 0 atom stereocenters. The molecule has 3 aromatic carbocycles. The van der Waals surface area contributed by atoms with Crippen LogP contribution in [0.25, 0.3) is 21.9 Å². The van der Waals surface area contributed by atoms with E-state index in [9.17, 15) is 20.0 Å². The van der Waals surface area contributed by atoms with Gasteiger partial charge in [0.25, 0.3) is 0 Å². The Kier molecular flexibility index (Phi) is 5.46. The molecule has 154 valence electrons. The zero-order valence-electron chi connectivity index (χ0n) is 16.3. The summed E-state index contributed by atoms with van der Waals surface area (Å²) in [4.78, 5) is 28.6. The van der Waals surface area contributed by atoms with Crippen LogP contribution in [0.3, 0.4) is 0 Å². The van der Waals surface area contributed by atoms with Crippen LogP contribution in [0, 0.1) is 10.1 Å². The number of nitro benzene ring substituents is 1. The van der Waals surface area contributed by atoms with Gasteiger partial charge in [-0.1, -0.05) is 42.5 Å². The molecule has 4 aromatic rings. The van der Waals surface area contributed by atoms with E-state index in [1.807, 2.05) is 30.3 Å². The van der Waals surface area contributed by atoms with Crippen molar-refractivity contribution >= 4 is 44.7 Å². The second-order valence-corrected chi connectivity index (χ2v) is 7.62. The van der Waals surface area contributed by atoms with Crippen LogP contribution >= 0.6 is 11.3 Å². The molecule has 8 heteroatoms. The van der Waals surface area contributed by atoms with Gasteiger partial charge < -0.3 is 9.84 Å². The van der Waals surface area contributed by atoms with Crippen LogP contribution in [0.15, 0.2) is 66.7 Å². The molecular formula is C23H16N2O5S. The van der Waals surface area contributed by atoms with E-state index in [4.69, 9.17) is 4.74 Å². The van der Waals surface area contributed by atoms with Gasteiger partial charge in [-0.25, -0.2) is 4.98 Å². The molecule has 0 bridgehead atoms. The average Bonchev–Trinajstić information content (AvgIpc) is 3.22. The number of ether oxygens (including phenoxy) is 1. The molecule has 0 aliphatic rings. The number of hydrogen-bond acceptors (Lipinski definition) is 7. The van der Waals surface area contributed by atoms with E-state index in [1.165, 1.54) is 36.7 Å². The van der Waals surface area contributed by atoms with E-state index in [0.29, 0.717) is 16.1 Å². The second kappa shape index (κ2) is 8.37. The van der Waals surface area contributed by atoms with E-state index in [1.54, 1.807) is 24.3 Å². The van der Waals surface area contributed by atoms with E-state index in [2.05, 4.69) is 4.98 Å². The molecule has 0 amide bonds. The average molecular weight is 432 g/mol. The van der Waals surface area contributed by atoms with Gasteiger partial charge in [-0.05, 0) is 29.8 Å². The van der Waals surface area contributed by atoms with Crippen LogP contribution in [0.5, 0.6) is 11.5 Å². The van der Waals surface area contributed by atoms with Gasteiger partial charge in [0.15, 0.2) is 11.5 Å². The number of ketones is 1. The summed E-state index contributed by atoms with van der Waals surface area (Å²) in [6.07, 6.45) is 1.53. The maximum atomic E-state index is 13.4. The van der Waals surface area contributed by atoms with Gasteiger partial charge >= 0.3 is 5.69 Å². The highest BCUT2D eigenvalue weighted by atomic mass is 32.1. The van der Waals surface area contributed by atoms with Gasteiger partial charge in [0, 0.05) is 11.6 Å². The molecule has 7 nitrogen and oxygen atoms in total. The number of rotatable bonds is 6. The van der Waals surface area contributed by atoms with E-state index in [-0.39, 0.29) is 17.1 Å². The fourth-order valence-corrected chi connectivity index (χ4v) is 4.09. The second-order valence-electron chi connectivity index (χ2n) is 6.59. The van der Waals surface area contributed by atoms with Gasteiger partial charge in [-0.3, -0.25) is 14.9 Å². The minimum atomic E-state index is -0.703. The maximum Gasteiger partial charge on any atom is 0.315 e. The molecule has 1 heterocycles. The number of methoxy groups -OCH3 is 1. The van der Waals surface area contributed by atoms with E-state index >= 15 is 0 Å². The number of Topliss-reactive ketones (excluding diaryl/α,β-unsaturated/α-hetero) is 1. The third kappa shape index (κ3) is 4.01. The number of hydrogen-bond donors (Lipinski definition) is 1. The number of benzene rings is 3. The molecule has 0 saturated heterocycles. The number of aromatic hydroxyl groups is 1. The molecule has 0 spiro atoms. The Morgan fingerprint density at radius 3 is 2.52 bits per heavy atom. The molecule has 0 aliphatic heterocycles. The van der Waals surface area contributed by atoms with Gasteiger partial charge in [-0.15, -0.1) is 11.3 Å². The number of aromatic nitrogens is 1. The summed E-state index contributed by atoms with van der Waals surface area (Å²) in [5.74, 6) is -0.897. The smallest absolute Gasteiger partial charge is 0.315 e. The van der Waals surface area contributed by atoms with Crippen LogP contribution in [-0.2, 0) is 0 Å². The van der Waals surface area contributed by atoms with Crippen molar-refractivity contribution in [3.05, 3.63) is 93.0 Å². The van der Waals surface area contributed by atoms with E-state index in [0.717, 1.165) is 10.2 Å². The molecular weight excluding hydrogens is 416 g/mol. The molecule has 31 heavy (non-hydrogen) atoms. The van der Waals surface area contributed by atoms with Crippen molar-refractivity contribution in [2.45, 2.75) is 0 Å². The summed E-state index contributed by atoms with van der Waals surface area (Å²) < 4.78 is 5.99. The molecule has 0 unspecified atom stereocenters. The topological polar surface area (TPSA) is 103 Å². The van der Waals surface area contributed by atoms with Crippen molar-refractivity contribution in [1.82, 2.24) is 4.98 Å². The third-order valence-corrected chi connectivity index (χ3v) is 5.68. The van der Waals surface area contributed by atoms with Crippen LogP contribution in [0.4, 0.5) is 5.69 Å². The van der Waals surface area contributed by atoms with Crippen LogP contribution in [-0.4, -0.2) is 27.9 Å². The Balaban J connectivity index is 1.92. The predicted molar refractivity (Wildman–Crippen MR) is 120 cm³/mol. The number of carbonyl (C=O) groups is 1. The maximum absolute atomic E-state index is 13.4. The summed E-state index contributed by atoms with van der Waals surface area (Å²) >= 11 is 1.36. The molecule has 0 fully saturated rings. The van der Waals surface area contributed by atoms with Crippen molar-refractivity contribution in [2.75, 3.05) is 7.11 Å². The summed E-state index contributed by atoms with van der Waals surface area (Å²) in [6.45, 7) is 0. The first-order valence-corrected chi connectivity index (χ1v) is 10.0. The summed E-state index contributed by atoms with van der Waals surface area (Å²) in [5, 5.41) is 21.9. The number of para-hydroxylation sites is 1. The summed E-state index contributed by atoms with van der Waals surface area (Å²) in [6, 6.07) is 18.9. The highest BCUT2D eigenvalue weighted by molar-refractivity contribution is 7.20. The normalized spacial score (nSPS) is 11.5. The first kappa shape index (κ1) is 20.2. The lowest BCUT2D eigenvalue weighted by Crippen LogP contribution is -2.03. The third-order valence-electron chi connectivity index (χ3n) is 4.61. The monoisotopic (exact) mass is 432 g/mol. The number of thiazole rings is 1. The van der Waals surface area contributed by atoms with Crippen molar-refractivity contribution < 1.29 is 19.6 Å². The molecule has 0 aliphatic carbocycles. The summed E-state index contributed by atoms with van der Waals surface area (Å²) in [7, 11) is 1.30. The first-order chi connectivity index (χ1) is 15.0. The minimum Gasteiger partial charge on any atom is -0.500 e. The number of fused-ring (bicyclic) bond motifs is 1. The van der Waals surface area contributed by atoms with Crippen LogP contribution < -0.4 is 4.74 Å². The Morgan fingerprint density at radius 1 is 1.13 bits per heavy atom. The fraction of sp³-hybridized carbons (Fsp3) is 0.0435. The lowest BCUT2D eigenvalue weighted by atomic mass is 10.0. The van der Waals surface area contributed by atoms with Crippen molar-refractivity contribution in [3.63, 3.8) is 0 Å². The fourth-order valence-electron chi connectivity index (χ4n) is 3.12. The molecule has 1 aromatic heterocycles. The van der Waals surface area contributed by atoms with Crippen LogP contribution in [0.2, 0.25) is 0 Å². The first-order valence-electron chi connectivity index (χ1n) is 9.20. The van der Waals surface area contributed by atoms with Gasteiger partial charge in [0.2, 0.25) is 5.75 Å². The van der Waals surface area contributed by atoms with Gasteiger partial charge in [-0.2, -0.15) is 0 Å². The Bertz CT molecular complexity index is 1300. The van der Waals surface area contributed by atoms with E-state index < -0.39 is 16.4 Å². The van der Waals surface area contributed by atoms with Crippen molar-refractivity contribution in [2.24, 2.45) is 0 Å². The highest BCUT2D eigenvalue weighted by Crippen LogP contribution is 2.38. The van der Waals surface area contributed by atoms with Crippen molar-refractivity contribution in [3.8, 4) is 11.5 Å². The Hall–Kier alpha value is -4.04. The Morgan fingerprint density at radius 2 is 1.84 bits per heavy atom. The van der Waals surface area contributed by atoms with Gasteiger partial charge in [0.05, 0.1) is 27.8 Å². The molecule has 0 saturated carbocycles.